The zero-order valence-electron chi connectivity index (χ0n) is 8.11. The highest BCUT2D eigenvalue weighted by Gasteiger charge is 2.36. The van der Waals surface area contributed by atoms with Crippen molar-refractivity contribution in [3.05, 3.63) is 11.6 Å². The summed E-state index contributed by atoms with van der Waals surface area (Å²) in [4.78, 5) is 0. The van der Waals surface area contributed by atoms with Gasteiger partial charge in [0.15, 0.2) is 0 Å². The molecule has 0 saturated carbocycles. The Bertz CT molecular complexity index is 155. The van der Waals surface area contributed by atoms with Gasteiger partial charge in [0.2, 0.25) is 0 Å². The lowest BCUT2D eigenvalue weighted by Gasteiger charge is -2.10. The van der Waals surface area contributed by atoms with E-state index in [9.17, 15) is 0 Å². The van der Waals surface area contributed by atoms with Crippen LogP contribution in [0.3, 0.4) is 0 Å². The van der Waals surface area contributed by atoms with Gasteiger partial charge in [-0.15, -0.1) is 0 Å². The van der Waals surface area contributed by atoms with Gasteiger partial charge in [0.1, 0.15) is 0 Å². The van der Waals surface area contributed by atoms with Crippen LogP contribution in [0.2, 0.25) is 0 Å². The summed E-state index contributed by atoms with van der Waals surface area (Å²) in [5.41, 5.74) is 2.25. The number of rotatable bonds is 5. The van der Waals surface area contributed by atoms with E-state index in [0.29, 0.717) is 5.41 Å². The number of hydrogen-bond acceptors (Lipinski definition) is 0. The molecule has 0 fully saturated rings. The Balaban J connectivity index is 2.10. The quantitative estimate of drug-likeness (QED) is 0.413. The summed E-state index contributed by atoms with van der Waals surface area (Å²) in [5, 5.41) is 0. The second-order valence-electron chi connectivity index (χ2n) is 3.90. The molecular formula is C11H20. The van der Waals surface area contributed by atoms with Crippen LogP contribution in [0.1, 0.15) is 52.9 Å². The summed E-state index contributed by atoms with van der Waals surface area (Å²) in [6.07, 6.45) is 9.26. The van der Waals surface area contributed by atoms with Gasteiger partial charge in [0.05, 0.1) is 0 Å². The Labute approximate surface area is 70.7 Å². The molecule has 1 unspecified atom stereocenters. The summed E-state index contributed by atoms with van der Waals surface area (Å²) in [7, 11) is 0. The smallest absolute Gasteiger partial charge is 0.00656 e. The molecule has 0 radical (unpaired) electrons. The minimum absolute atomic E-state index is 0.559. The third-order valence-corrected chi connectivity index (χ3v) is 2.82. The minimum atomic E-state index is 0.559. The molecule has 64 valence electrons. The van der Waals surface area contributed by atoms with Crippen LogP contribution in [0.4, 0.5) is 0 Å². The van der Waals surface area contributed by atoms with E-state index in [0.717, 1.165) is 0 Å². The van der Waals surface area contributed by atoms with Crippen LogP contribution >= 0.6 is 0 Å². The molecule has 0 saturated heterocycles. The highest BCUT2D eigenvalue weighted by molar-refractivity contribution is 5.36. The normalized spacial score (nSPS) is 28.5. The molecule has 0 spiro atoms. The molecule has 1 rings (SSSR count). The number of unbranched alkanes of at least 4 members (excludes halogenated alkanes) is 2. The van der Waals surface area contributed by atoms with Crippen molar-refractivity contribution in [1.29, 1.82) is 0 Å². The van der Waals surface area contributed by atoms with Crippen LogP contribution < -0.4 is 0 Å². The lowest BCUT2D eigenvalue weighted by Crippen LogP contribution is -1.98. The second-order valence-corrected chi connectivity index (χ2v) is 3.90. The van der Waals surface area contributed by atoms with E-state index < -0.39 is 0 Å². The van der Waals surface area contributed by atoms with Crippen molar-refractivity contribution >= 4 is 0 Å². The van der Waals surface area contributed by atoms with Gasteiger partial charge < -0.3 is 0 Å². The molecule has 0 nitrogen and oxygen atoms in total. The van der Waals surface area contributed by atoms with E-state index in [2.05, 4.69) is 26.8 Å². The monoisotopic (exact) mass is 152 g/mol. The fourth-order valence-electron chi connectivity index (χ4n) is 1.83. The van der Waals surface area contributed by atoms with Crippen molar-refractivity contribution in [1.82, 2.24) is 0 Å². The van der Waals surface area contributed by atoms with Gasteiger partial charge in [0.25, 0.3) is 0 Å². The van der Waals surface area contributed by atoms with Crippen molar-refractivity contribution in [3.8, 4) is 0 Å². The van der Waals surface area contributed by atoms with Gasteiger partial charge in [-0.3, -0.25) is 0 Å². The zero-order valence-corrected chi connectivity index (χ0v) is 8.11. The van der Waals surface area contributed by atoms with Crippen molar-refractivity contribution < 1.29 is 0 Å². The molecule has 1 atom stereocenters. The predicted molar refractivity (Wildman–Crippen MR) is 50.6 cm³/mol. The first-order valence-electron chi connectivity index (χ1n) is 4.95. The molecule has 0 heteroatoms. The Morgan fingerprint density at radius 1 is 1.27 bits per heavy atom. The largest absolute Gasteiger partial charge is 0.0745 e. The summed E-state index contributed by atoms with van der Waals surface area (Å²) >= 11 is 0. The van der Waals surface area contributed by atoms with E-state index in [1.165, 1.54) is 32.1 Å². The van der Waals surface area contributed by atoms with Crippen molar-refractivity contribution in [2.24, 2.45) is 5.41 Å². The Morgan fingerprint density at radius 3 is 2.45 bits per heavy atom. The third kappa shape index (κ3) is 2.08. The van der Waals surface area contributed by atoms with Crippen molar-refractivity contribution in [3.63, 3.8) is 0 Å². The molecule has 0 aromatic rings. The molecule has 0 aromatic carbocycles. The van der Waals surface area contributed by atoms with Gasteiger partial charge in [-0.1, -0.05) is 51.7 Å². The molecule has 0 amide bonds. The molecule has 0 N–H and O–H groups in total. The average molecular weight is 152 g/mol. The van der Waals surface area contributed by atoms with Crippen LogP contribution in [0.5, 0.6) is 0 Å². The van der Waals surface area contributed by atoms with Crippen LogP contribution in [-0.4, -0.2) is 0 Å². The van der Waals surface area contributed by atoms with Crippen molar-refractivity contribution in [2.45, 2.75) is 52.9 Å². The summed E-state index contributed by atoms with van der Waals surface area (Å²) in [5.74, 6) is 0. The Hall–Kier alpha value is -0.260. The first-order chi connectivity index (χ1) is 5.23. The first-order valence-corrected chi connectivity index (χ1v) is 4.95. The Morgan fingerprint density at radius 2 is 2.00 bits per heavy atom. The van der Waals surface area contributed by atoms with Gasteiger partial charge in [-0.05, 0) is 12.8 Å². The molecule has 1 aliphatic carbocycles. The standard InChI is InChI=1S/C11H20/c1-4-6-7-8-11(3)9-10(11)5-2/h9H,4-8H2,1-3H3. The van der Waals surface area contributed by atoms with Gasteiger partial charge in [-0.25, -0.2) is 0 Å². The van der Waals surface area contributed by atoms with Gasteiger partial charge in [0, 0.05) is 5.41 Å². The maximum atomic E-state index is 2.45. The van der Waals surface area contributed by atoms with E-state index in [1.54, 1.807) is 5.57 Å². The molecule has 11 heavy (non-hydrogen) atoms. The maximum absolute atomic E-state index is 2.45. The van der Waals surface area contributed by atoms with Gasteiger partial charge >= 0.3 is 0 Å². The van der Waals surface area contributed by atoms with Gasteiger partial charge in [-0.2, -0.15) is 0 Å². The predicted octanol–water partition coefficient (Wildman–Crippen LogP) is 3.92. The van der Waals surface area contributed by atoms with Crippen LogP contribution in [0.25, 0.3) is 0 Å². The van der Waals surface area contributed by atoms with E-state index in [-0.39, 0.29) is 0 Å². The number of hydrogen-bond donors (Lipinski definition) is 0. The molecule has 0 aromatic heterocycles. The maximum Gasteiger partial charge on any atom is 0.00656 e. The lowest BCUT2D eigenvalue weighted by molar-refractivity contribution is 0.503. The zero-order chi connectivity index (χ0) is 8.32. The van der Waals surface area contributed by atoms with Crippen molar-refractivity contribution in [2.75, 3.05) is 0 Å². The van der Waals surface area contributed by atoms with E-state index >= 15 is 0 Å². The SMILES string of the molecule is CCCCCC1(C)C=C1CC. The highest BCUT2D eigenvalue weighted by atomic mass is 14.4. The molecule has 0 aliphatic heterocycles. The average Bonchev–Trinajstić information content (AvgIpc) is 2.63. The molecule has 0 bridgehead atoms. The molecule has 0 heterocycles. The number of allylic oxidation sites excluding steroid dienone is 2. The van der Waals surface area contributed by atoms with E-state index in [4.69, 9.17) is 0 Å². The fraction of sp³-hybridized carbons (Fsp3) is 0.818. The Kier molecular flexibility index (Phi) is 2.75. The highest BCUT2D eigenvalue weighted by Crippen LogP contribution is 2.49. The van der Waals surface area contributed by atoms with E-state index in [1.807, 2.05) is 0 Å². The summed E-state index contributed by atoms with van der Waals surface area (Å²) in [6, 6.07) is 0. The summed E-state index contributed by atoms with van der Waals surface area (Å²) in [6.45, 7) is 6.90. The van der Waals surface area contributed by atoms with Crippen LogP contribution in [-0.2, 0) is 0 Å². The minimum Gasteiger partial charge on any atom is -0.0745 e. The summed E-state index contributed by atoms with van der Waals surface area (Å²) < 4.78 is 0. The van der Waals surface area contributed by atoms with Crippen LogP contribution in [0, 0.1) is 5.41 Å². The molecule has 1 aliphatic rings. The lowest BCUT2D eigenvalue weighted by atomic mass is 9.94. The van der Waals surface area contributed by atoms with Crippen LogP contribution in [0.15, 0.2) is 11.6 Å². The second kappa shape index (κ2) is 3.42. The topological polar surface area (TPSA) is 0 Å². The third-order valence-electron chi connectivity index (χ3n) is 2.82. The first kappa shape index (κ1) is 8.83. The molecular weight excluding hydrogens is 132 g/mol. The fourth-order valence-corrected chi connectivity index (χ4v) is 1.83.